The van der Waals surface area contributed by atoms with E-state index in [1.807, 2.05) is 6.92 Å². The van der Waals surface area contributed by atoms with Crippen LogP contribution in [-0.4, -0.2) is 24.7 Å². The highest BCUT2D eigenvalue weighted by molar-refractivity contribution is 5.40. The fourth-order valence-electron chi connectivity index (χ4n) is 1.39. The van der Waals surface area contributed by atoms with E-state index in [2.05, 4.69) is 5.32 Å². The first-order chi connectivity index (χ1) is 8.15. The van der Waals surface area contributed by atoms with Crippen molar-refractivity contribution in [3.8, 4) is 0 Å². The van der Waals surface area contributed by atoms with Crippen LogP contribution in [0.5, 0.6) is 0 Å². The molecule has 0 aliphatic carbocycles. The van der Waals surface area contributed by atoms with Crippen molar-refractivity contribution in [1.82, 2.24) is 5.32 Å². The lowest BCUT2D eigenvalue weighted by Crippen LogP contribution is -2.19. The van der Waals surface area contributed by atoms with Gasteiger partial charge >= 0.3 is 0 Å². The third-order valence-corrected chi connectivity index (χ3v) is 2.18. The van der Waals surface area contributed by atoms with Crippen molar-refractivity contribution in [2.75, 3.05) is 19.8 Å². The van der Waals surface area contributed by atoms with Gasteiger partial charge in [0.2, 0.25) is 0 Å². The molecule has 17 heavy (non-hydrogen) atoms. The fourth-order valence-corrected chi connectivity index (χ4v) is 1.39. The molecule has 6 heteroatoms. The highest BCUT2D eigenvalue weighted by Crippen LogP contribution is 2.19. The molecule has 0 aliphatic rings. The zero-order valence-electron chi connectivity index (χ0n) is 9.61. The summed E-state index contributed by atoms with van der Waals surface area (Å²) in [5.74, 6) is -0.475. The molecule has 1 aromatic rings. The molecule has 0 saturated carbocycles. The highest BCUT2D eigenvalue weighted by Gasteiger charge is 2.13. The molecular weight excluding hydrogens is 227 g/mol. The molecular formula is C11H15FN2O3. The molecule has 0 spiro atoms. The number of benzene rings is 1. The summed E-state index contributed by atoms with van der Waals surface area (Å²) in [6.07, 6.45) is 0. The third kappa shape index (κ3) is 4.46. The van der Waals surface area contributed by atoms with Crippen molar-refractivity contribution in [1.29, 1.82) is 0 Å². The van der Waals surface area contributed by atoms with Crippen molar-refractivity contribution in [3.05, 3.63) is 39.7 Å². The number of halogens is 1. The average molecular weight is 242 g/mol. The number of nitro groups is 1. The zero-order chi connectivity index (χ0) is 12.7. The monoisotopic (exact) mass is 242 g/mol. The maximum atomic E-state index is 13.0. The van der Waals surface area contributed by atoms with Crippen LogP contribution in [0.4, 0.5) is 10.1 Å². The standard InChI is InChI=1S/C11H15FN2O3/c1-2-17-6-5-13-8-9-7-10(12)3-4-11(9)14(15)16/h3-4,7,13H,2,5-6,8H2,1H3. The molecule has 0 saturated heterocycles. The molecule has 0 aliphatic heterocycles. The zero-order valence-corrected chi connectivity index (χ0v) is 9.61. The summed E-state index contributed by atoms with van der Waals surface area (Å²) in [5.41, 5.74) is 0.266. The van der Waals surface area contributed by atoms with Gasteiger partial charge < -0.3 is 10.1 Å². The minimum atomic E-state index is -0.515. The van der Waals surface area contributed by atoms with E-state index in [9.17, 15) is 14.5 Å². The Morgan fingerprint density at radius 1 is 1.53 bits per heavy atom. The van der Waals surface area contributed by atoms with Gasteiger partial charge in [0.25, 0.3) is 5.69 Å². The maximum absolute atomic E-state index is 13.0. The van der Waals surface area contributed by atoms with E-state index in [4.69, 9.17) is 4.74 Å². The second kappa shape index (κ2) is 6.93. The molecule has 0 radical (unpaired) electrons. The molecule has 0 heterocycles. The maximum Gasteiger partial charge on any atom is 0.274 e. The smallest absolute Gasteiger partial charge is 0.274 e. The summed E-state index contributed by atoms with van der Waals surface area (Å²) >= 11 is 0. The number of rotatable bonds is 7. The fraction of sp³-hybridized carbons (Fsp3) is 0.455. The Labute approximate surface area is 98.7 Å². The van der Waals surface area contributed by atoms with Crippen molar-refractivity contribution in [3.63, 3.8) is 0 Å². The molecule has 1 N–H and O–H groups in total. The first-order valence-electron chi connectivity index (χ1n) is 5.36. The van der Waals surface area contributed by atoms with Gasteiger partial charge in [-0.15, -0.1) is 0 Å². The van der Waals surface area contributed by atoms with Crippen LogP contribution < -0.4 is 5.32 Å². The van der Waals surface area contributed by atoms with Crippen molar-refractivity contribution < 1.29 is 14.1 Å². The Hall–Kier alpha value is -1.53. The predicted octanol–water partition coefficient (Wildman–Crippen LogP) is 1.86. The van der Waals surface area contributed by atoms with Crippen LogP contribution in [0, 0.1) is 15.9 Å². The lowest BCUT2D eigenvalue weighted by atomic mass is 10.1. The highest BCUT2D eigenvalue weighted by atomic mass is 19.1. The summed E-state index contributed by atoms with van der Waals surface area (Å²) in [6.45, 7) is 3.86. The first-order valence-corrected chi connectivity index (χ1v) is 5.36. The van der Waals surface area contributed by atoms with E-state index in [1.165, 1.54) is 12.1 Å². The van der Waals surface area contributed by atoms with Crippen molar-refractivity contribution in [2.24, 2.45) is 0 Å². The van der Waals surface area contributed by atoms with Gasteiger partial charge in [-0.2, -0.15) is 0 Å². The quantitative estimate of drug-likeness (QED) is 0.450. The van der Waals surface area contributed by atoms with Gasteiger partial charge in [-0.05, 0) is 19.1 Å². The Morgan fingerprint density at radius 2 is 2.29 bits per heavy atom. The van der Waals surface area contributed by atoms with Crippen LogP contribution in [0.1, 0.15) is 12.5 Å². The molecule has 0 bridgehead atoms. The van der Waals surface area contributed by atoms with Crippen molar-refractivity contribution >= 4 is 5.69 Å². The van der Waals surface area contributed by atoms with E-state index in [-0.39, 0.29) is 12.2 Å². The van der Waals surface area contributed by atoms with E-state index in [0.29, 0.717) is 25.3 Å². The van der Waals surface area contributed by atoms with Crippen molar-refractivity contribution in [2.45, 2.75) is 13.5 Å². The summed E-state index contributed by atoms with van der Waals surface area (Å²) in [5, 5.41) is 13.7. The number of ether oxygens (including phenoxy) is 1. The Kier molecular flexibility index (Phi) is 5.51. The molecule has 1 rings (SSSR count). The molecule has 0 unspecified atom stereocenters. The molecule has 0 aromatic heterocycles. The van der Waals surface area contributed by atoms with Gasteiger partial charge in [-0.25, -0.2) is 4.39 Å². The average Bonchev–Trinajstić information content (AvgIpc) is 2.28. The first kappa shape index (κ1) is 13.5. The van der Waals surface area contributed by atoms with E-state index in [0.717, 1.165) is 6.07 Å². The lowest BCUT2D eigenvalue weighted by Gasteiger charge is -2.05. The van der Waals surface area contributed by atoms with E-state index in [1.54, 1.807) is 0 Å². The molecule has 0 amide bonds. The Balaban J connectivity index is 2.56. The van der Waals surface area contributed by atoms with Crippen LogP contribution in [0.2, 0.25) is 0 Å². The van der Waals surface area contributed by atoms with Gasteiger partial charge in [0, 0.05) is 31.3 Å². The number of nitrogens with zero attached hydrogens (tertiary/aromatic N) is 1. The SMILES string of the molecule is CCOCCNCc1cc(F)ccc1[N+](=O)[O-]. The van der Waals surface area contributed by atoms with Crippen LogP contribution in [0.3, 0.4) is 0 Å². The number of nitro benzene ring substituents is 1. The second-order valence-corrected chi connectivity index (χ2v) is 3.40. The van der Waals surface area contributed by atoms with E-state index >= 15 is 0 Å². The molecule has 5 nitrogen and oxygen atoms in total. The Morgan fingerprint density at radius 3 is 2.94 bits per heavy atom. The molecule has 0 atom stereocenters. The number of hydrogen-bond donors (Lipinski definition) is 1. The Bertz CT molecular complexity index is 385. The lowest BCUT2D eigenvalue weighted by molar-refractivity contribution is -0.385. The van der Waals surface area contributed by atoms with Crippen LogP contribution in [0.25, 0.3) is 0 Å². The predicted molar refractivity (Wildman–Crippen MR) is 61.3 cm³/mol. The van der Waals surface area contributed by atoms with Gasteiger partial charge in [-0.3, -0.25) is 10.1 Å². The summed E-state index contributed by atoms with van der Waals surface area (Å²) < 4.78 is 18.1. The van der Waals surface area contributed by atoms with Crippen LogP contribution in [0.15, 0.2) is 18.2 Å². The minimum Gasteiger partial charge on any atom is -0.380 e. The largest absolute Gasteiger partial charge is 0.380 e. The molecule has 1 aromatic carbocycles. The summed E-state index contributed by atoms with van der Waals surface area (Å²) in [6, 6.07) is 3.43. The van der Waals surface area contributed by atoms with Crippen LogP contribution in [-0.2, 0) is 11.3 Å². The second-order valence-electron chi connectivity index (χ2n) is 3.40. The van der Waals surface area contributed by atoms with Gasteiger partial charge in [0.15, 0.2) is 0 Å². The molecule has 94 valence electrons. The van der Waals surface area contributed by atoms with Crippen LogP contribution >= 0.6 is 0 Å². The minimum absolute atomic E-state index is 0.0738. The van der Waals surface area contributed by atoms with E-state index < -0.39 is 10.7 Å². The molecule has 0 fully saturated rings. The number of nitrogens with one attached hydrogen (secondary N) is 1. The third-order valence-electron chi connectivity index (χ3n) is 2.18. The number of hydrogen-bond acceptors (Lipinski definition) is 4. The summed E-state index contributed by atoms with van der Waals surface area (Å²) in [4.78, 5) is 10.2. The van der Waals surface area contributed by atoms with Gasteiger partial charge in [0.1, 0.15) is 5.82 Å². The summed E-state index contributed by atoms with van der Waals surface area (Å²) in [7, 11) is 0. The normalized spacial score (nSPS) is 10.5. The topological polar surface area (TPSA) is 64.4 Å². The van der Waals surface area contributed by atoms with Gasteiger partial charge in [-0.1, -0.05) is 0 Å². The van der Waals surface area contributed by atoms with Gasteiger partial charge in [0.05, 0.1) is 11.5 Å².